The van der Waals surface area contributed by atoms with Crippen LogP contribution in [0.25, 0.3) is 0 Å². The van der Waals surface area contributed by atoms with Gasteiger partial charge in [-0.25, -0.2) is 0 Å². The summed E-state index contributed by atoms with van der Waals surface area (Å²) in [7, 11) is 0. The number of ketones is 2. The summed E-state index contributed by atoms with van der Waals surface area (Å²) >= 11 is 0. The Morgan fingerprint density at radius 3 is 2.41 bits per heavy atom. The molecule has 3 unspecified atom stereocenters. The van der Waals surface area contributed by atoms with Crippen LogP contribution >= 0.6 is 0 Å². The minimum Gasteiger partial charge on any atom is -0.299 e. The summed E-state index contributed by atoms with van der Waals surface area (Å²) in [6.45, 7) is 4.25. The largest absolute Gasteiger partial charge is 0.299 e. The van der Waals surface area contributed by atoms with Gasteiger partial charge in [-0.2, -0.15) is 0 Å². The normalized spacial score (nSPS) is 33.4. The molecule has 2 heteroatoms. The number of Topliss-reactive ketones (excluding diaryl/α,β-unsaturated/α-hetero) is 1. The second-order valence-electron chi connectivity index (χ2n) is 7.31. The molecule has 0 spiro atoms. The van der Waals surface area contributed by atoms with E-state index >= 15 is 0 Å². The van der Waals surface area contributed by atoms with E-state index in [-0.39, 0.29) is 0 Å². The van der Waals surface area contributed by atoms with Crippen LogP contribution in [-0.4, -0.2) is 11.6 Å². The fourth-order valence-electron chi connectivity index (χ4n) is 4.97. The molecule has 4 aliphatic rings. The van der Waals surface area contributed by atoms with E-state index in [1.165, 1.54) is 24.0 Å². The van der Waals surface area contributed by atoms with Crippen molar-refractivity contribution < 1.29 is 9.59 Å². The number of carbonyl (C=O) groups is 2. The van der Waals surface area contributed by atoms with Gasteiger partial charge in [0.2, 0.25) is 0 Å². The molecule has 0 aromatic rings. The minimum absolute atomic E-state index is 0.308. The van der Waals surface area contributed by atoms with Gasteiger partial charge in [0, 0.05) is 18.8 Å². The van der Waals surface area contributed by atoms with Gasteiger partial charge >= 0.3 is 0 Å². The first-order valence-electron chi connectivity index (χ1n) is 9.14. The van der Waals surface area contributed by atoms with Gasteiger partial charge < -0.3 is 0 Å². The molecule has 2 fully saturated rings. The van der Waals surface area contributed by atoms with Crippen molar-refractivity contribution in [2.75, 3.05) is 0 Å². The SMILES string of the molecule is CCC.O=C1C=C2CCC3C(=C2CC1)CCC1C(=O)CCC13. The molecular formula is C20H28O2. The van der Waals surface area contributed by atoms with Gasteiger partial charge in [0.25, 0.3) is 0 Å². The van der Waals surface area contributed by atoms with Gasteiger partial charge in [-0.15, -0.1) is 0 Å². The topological polar surface area (TPSA) is 34.1 Å². The predicted octanol–water partition coefficient (Wildman–Crippen LogP) is 4.79. The maximum Gasteiger partial charge on any atom is 0.156 e. The zero-order valence-corrected chi connectivity index (χ0v) is 14.0. The molecule has 0 bridgehead atoms. The average Bonchev–Trinajstić information content (AvgIpc) is 2.89. The number of hydrogen-bond donors (Lipinski definition) is 0. The Morgan fingerprint density at radius 1 is 0.909 bits per heavy atom. The highest BCUT2D eigenvalue weighted by Crippen LogP contribution is 2.53. The summed E-state index contributed by atoms with van der Waals surface area (Å²) in [5, 5.41) is 0. The van der Waals surface area contributed by atoms with Gasteiger partial charge in [-0.05, 0) is 67.6 Å². The Kier molecular flexibility index (Phi) is 4.65. The third kappa shape index (κ3) is 2.73. The van der Waals surface area contributed by atoms with Crippen LogP contribution in [-0.2, 0) is 9.59 Å². The fraction of sp³-hybridized carbons (Fsp3) is 0.700. The Bertz CT molecular complexity index is 538. The quantitative estimate of drug-likeness (QED) is 0.644. The fourth-order valence-corrected chi connectivity index (χ4v) is 4.97. The molecular weight excluding hydrogens is 272 g/mol. The zero-order chi connectivity index (χ0) is 15.7. The molecule has 22 heavy (non-hydrogen) atoms. The van der Waals surface area contributed by atoms with Crippen LogP contribution in [0.2, 0.25) is 0 Å². The standard InChI is InChI=1S/C17H20O2.C3H8/c18-11-2-4-12-10(9-11)1-3-14-13(12)5-6-16-15(14)7-8-17(16)19;1-3-2/h9,14-16H,1-8H2;3H2,1-2H3. The molecule has 2 saturated carbocycles. The van der Waals surface area contributed by atoms with Crippen LogP contribution in [0.15, 0.2) is 22.8 Å². The summed E-state index contributed by atoms with van der Waals surface area (Å²) in [6, 6.07) is 0. The van der Waals surface area contributed by atoms with Crippen LogP contribution in [0.1, 0.15) is 71.6 Å². The van der Waals surface area contributed by atoms with E-state index in [1.807, 2.05) is 6.08 Å². The van der Waals surface area contributed by atoms with Crippen molar-refractivity contribution in [2.24, 2.45) is 17.8 Å². The molecule has 0 heterocycles. The second-order valence-corrected chi connectivity index (χ2v) is 7.31. The third-order valence-corrected chi connectivity index (χ3v) is 5.80. The van der Waals surface area contributed by atoms with Crippen molar-refractivity contribution >= 4 is 11.6 Å². The second kappa shape index (κ2) is 6.52. The zero-order valence-electron chi connectivity index (χ0n) is 14.0. The van der Waals surface area contributed by atoms with Gasteiger partial charge in [0.1, 0.15) is 5.78 Å². The molecule has 0 aromatic carbocycles. The summed E-state index contributed by atoms with van der Waals surface area (Å²) in [6.07, 6.45) is 11.1. The maximum atomic E-state index is 11.9. The first-order chi connectivity index (χ1) is 10.7. The predicted molar refractivity (Wildman–Crippen MR) is 88.5 cm³/mol. The molecule has 2 nitrogen and oxygen atoms in total. The van der Waals surface area contributed by atoms with Crippen molar-refractivity contribution in [3.8, 4) is 0 Å². The highest BCUT2D eigenvalue weighted by molar-refractivity contribution is 5.93. The highest BCUT2D eigenvalue weighted by atomic mass is 16.1. The van der Waals surface area contributed by atoms with E-state index in [0.717, 1.165) is 38.5 Å². The Balaban J connectivity index is 0.000000446. The summed E-state index contributed by atoms with van der Waals surface area (Å²) in [4.78, 5) is 23.5. The van der Waals surface area contributed by atoms with E-state index < -0.39 is 0 Å². The van der Waals surface area contributed by atoms with Gasteiger partial charge in [-0.3, -0.25) is 9.59 Å². The molecule has 0 aromatic heterocycles. The van der Waals surface area contributed by atoms with E-state index in [0.29, 0.717) is 35.7 Å². The number of allylic oxidation sites excluding steroid dienone is 4. The van der Waals surface area contributed by atoms with Gasteiger partial charge in [-0.1, -0.05) is 25.8 Å². The summed E-state index contributed by atoms with van der Waals surface area (Å²) in [5.74, 6) is 2.48. The van der Waals surface area contributed by atoms with Gasteiger partial charge in [0.05, 0.1) is 0 Å². The molecule has 0 aliphatic heterocycles. The molecule has 3 atom stereocenters. The average molecular weight is 300 g/mol. The van der Waals surface area contributed by atoms with Crippen molar-refractivity contribution in [1.29, 1.82) is 0 Å². The lowest BCUT2D eigenvalue weighted by Gasteiger charge is -2.41. The first-order valence-corrected chi connectivity index (χ1v) is 9.14. The molecule has 0 saturated heterocycles. The van der Waals surface area contributed by atoms with Crippen molar-refractivity contribution in [1.82, 2.24) is 0 Å². The van der Waals surface area contributed by atoms with Crippen molar-refractivity contribution in [3.05, 3.63) is 22.8 Å². The number of hydrogen-bond acceptors (Lipinski definition) is 2. The lowest BCUT2D eigenvalue weighted by molar-refractivity contribution is -0.122. The summed E-state index contributed by atoms with van der Waals surface area (Å²) in [5.41, 5.74) is 4.46. The molecule has 4 rings (SSSR count). The first kappa shape index (κ1) is 15.7. The van der Waals surface area contributed by atoms with Crippen LogP contribution in [0, 0.1) is 17.8 Å². The van der Waals surface area contributed by atoms with E-state index in [4.69, 9.17) is 0 Å². The maximum absolute atomic E-state index is 11.9. The molecule has 0 amide bonds. The lowest BCUT2D eigenvalue weighted by atomic mass is 9.63. The summed E-state index contributed by atoms with van der Waals surface area (Å²) < 4.78 is 0. The van der Waals surface area contributed by atoms with Crippen LogP contribution in [0.5, 0.6) is 0 Å². The van der Waals surface area contributed by atoms with Gasteiger partial charge in [0.15, 0.2) is 5.78 Å². The third-order valence-electron chi connectivity index (χ3n) is 5.80. The molecule has 0 N–H and O–H groups in total. The minimum atomic E-state index is 0.308. The molecule has 120 valence electrons. The Hall–Kier alpha value is -1.18. The van der Waals surface area contributed by atoms with Crippen LogP contribution in [0.3, 0.4) is 0 Å². The molecule has 4 aliphatic carbocycles. The molecule has 0 radical (unpaired) electrons. The van der Waals surface area contributed by atoms with E-state index in [9.17, 15) is 9.59 Å². The van der Waals surface area contributed by atoms with E-state index in [1.54, 1.807) is 5.57 Å². The van der Waals surface area contributed by atoms with Crippen molar-refractivity contribution in [2.45, 2.75) is 71.6 Å². The number of rotatable bonds is 0. The Labute approximate surface area is 134 Å². The Morgan fingerprint density at radius 2 is 1.64 bits per heavy atom. The number of carbonyl (C=O) groups excluding carboxylic acids is 2. The smallest absolute Gasteiger partial charge is 0.156 e. The van der Waals surface area contributed by atoms with E-state index in [2.05, 4.69) is 13.8 Å². The van der Waals surface area contributed by atoms with Crippen molar-refractivity contribution in [3.63, 3.8) is 0 Å². The monoisotopic (exact) mass is 300 g/mol. The highest BCUT2D eigenvalue weighted by Gasteiger charge is 2.45. The van der Waals surface area contributed by atoms with Crippen LogP contribution in [0.4, 0.5) is 0 Å². The van der Waals surface area contributed by atoms with Crippen LogP contribution < -0.4 is 0 Å². The lowest BCUT2D eigenvalue weighted by Crippen LogP contribution is -2.32. The number of fused-ring (bicyclic) bond motifs is 4.